The topological polar surface area (TPSA) is 39.7 Å². The van der Waals surface area contributed by atoms with E-state index in [0.717, 1.165) is 47.9 Å². The van der Waals surface area contributed by atoms with Crippen molar-refractivity contribution in [1.82, 2.24) is 5.32 Å². The summed E-state index contributed by atoms with van der Waals surface area (Å²) in [6.07, 6.45) is 0.889. The number of nitrogens with one attached hydrogen (secondary N) is 1. The number of rotatable bonds is 10. The van der Waals surface area contributed by atoms with Crippen LogP contribution in [0.2, 0.25) is 5.02 Å². The van der Waals surface area contributed by atoms with E-state index in [1.165, 1.54) is 17.7 Å². The van der Waals surface area contributed by atoms with Gasteiger partial charge in [-0.15, -0.1) is 0 Å². The Morgan fingerprint density at radius 1 is 0.867 bits per heavy atom. The van der Waals surface area contributed by atoms with E-state index < -0.39 is 0 Å². The van der Waals surface area contributed by atoms with Gasteiger partial charge >= 0.3 is 0 Å². The van der Waals surface area contributed by atoms with Crippen LogP contribution in [0.5, 0.6) is 17.2 Å². The molecule has 0 bridgehead atoms. The molecular weight excluding hydrogens is 405 g/mol. The Labute approximate surface area is 181 Å². The Balaban J connectivity index is 1.43. The molecule has 1 N–H and O–H groups in total. The minimum absolute atomic E-state index is 0.294. The maximum atomic E-state index is 13.1. The predicted molar refractivity (Wildman–Crippen MR) is 117 cm³/mol. The molecule has 3 rings (SSSR count). The molecule has 0 unspecified atom stereocenters. The Hall–Kier alpha value is -2.76. The van der Waals surface area contributed by atoms with E-state index in [1.54, 1.807) is 20.3 Å². The first kappa shape index (κ1) is 21.9. The number of ether oxygens (including phenoxy) is 3. The molecular formula is C24H25ClFNO3. The molecule has 6 heteroatoms. The molecule has 3 aromatic carbocycles. The van der Waals surface area contributed by atoms with Gasteiger partial charge in [-0.2, -0.15) is 0 Å². The summed E-state index contributed by atoms with van der Waals surface area (Å²) in [5, 5.41) is 3.81. The van der Waals surface area contributed by atoms with Crippen LogP contribution in [-0.4, -0.2) is 20.8 Å². The quantitative estimate of drug-likeness (QED) is 0.437. The molecule has 0 atom stereocenters. The second-order valence-electron chi connectivity index (χ2n) is 6.78. The third kappa shape index (κ3) is 6.12. The van der Waals surface area contributed by atoms with E-state index in [1.807, 2.05) is 42.5 Å². The lowest BCUT2D eigenvalue weighted by Gasteiger charge is -2.11. The molecule has 0 aromatic heterocycles. The van der Waals surface area contributed by atoms with Crippen molar-refractivity contribution in [3.05, 3.63) is 88.2 Å². The SMILES string of the molecule is COc1ccc(CCNCc2ccc(OCc3ccc(F)cc3Cl)cc2)cc1OC. The van der Waals surface area contributed by atoms with Crippen molar-refractivity contribution < 1.29 is 18.6 Å². The zero-order chi connectivity index (χ0) is 21.3. The molecule has 0 amide bonds. The minimum atomic E-state index is -0.355. The van der Waals surface area contributed by atoms with Gasteiger partial charge in [0.05, 0.1) is 19.2 Å². The van der Waals surface area contributed by atoms with Gasteiger partial charge in [0.1, 0.15) is 18.2 Å². The maximum absolute atomic E-state index is 13.1. The van der Waals surface area contributed by atoms with Crippen molar-refractivity contribution in [3.63, 3.8) is 0 Å². The summed E-state index contributed by atoms with van der Waals surface area (Å²) < 4.78 is 29.5. The fraction of sp³-hybridized carbons (Fsp3) is 0.250. The molecule has 158 valence electrons. The van der Waals surface area contributed by atoms with E-state index in [-0.39, 0.29) is 5.82 Å². The van der Waals surface area contributed by atoms with E-state index in [2.05, 4.69) is 5.32 Å². The number of hydrogen-bond acceptors (Lipinski definition) is 4. The van der Waals surface area contributed by atoms with Crippen molar-refractivity contribution in [3.8, 4) is 17.2 Å². The molecule has 3 aromatic rings. The summed E-state index contributed by atoms with van der Waals surface area (Å²) in [7, 11) is 3.27. The third-order valence-corrected chi connectivity index (χ3v) is 5.05. The highest BCUT2D eigenvalue weighted by Crippen LogP contribution is 2.27. The van der Waals surface area contributed by atoms with E-state index >= 15 is 0 Å². The summed E-state index contributed by atoms with van der Waals surface area (Å²) in [6.45, 7) is 1.90. The van der Waals surface area contributed by atoms with Gasteiger partial charge in [0.15, 0.2) is 11.5 Å². The van der Waals surface area contributed by atoms with Crippen molar-refractivity contribution in [2.45, 2.75) is 19.6 Å². The van der Waals surface area contributed by atoms with Crippen molar-refractivity contribution in [1.29, 1.82) is 0 Å². The summed E-state index contributed by atoms with van der Waals surface area (Å²) in [4.78, 5) is 0. The van der Waals surface area contributed by atoms with Gasteiger partial charge in [0.2, 0.25) is 0 Å². The largest absolute Gasteiger partial charge is 0.493 e. The van der Waals surface area contributed by atoms with E-state index in [4.69, 9.17) is 25.8 Å². The molecule has 0 radical (unpaired) electrons. The van der Waals surface area contributed by atoms with Crippen LogP contribution >= 0.6 is 11.6 Å². The Kier molecular flexibility index (Phi) is 7.94. The van der Waals surface area contributed by atoms with Gasteiger partial charge in [-0.05, 0) is 60.5 Å². The number of benzene rings is 3. The van der Waals surface area contributed by atoms with Crippen molar-refractivity contribution >= 4 is 11.6 Å². The highest BCUT2D eigenvalue weighted by atomic mass is 35.5. The van der Waals surface area contributed by atoms with Crippen LogP contribution in [0.15, 0.2) is 60.7 Å². The monoisotopic (exact) mass is 429 g/mol. The lowest BCUT2D eigenvalue weighted by Crippen LogP contribution is -2.16. The van der Waals surface area contributed by atoms with Gasteiger partial charge in [-0.3, -0.25) is 0 Å². The van der Waals surface area contributed by atoms with Crippen LogP contribution in [0.4, 0.5) is 4.39 Å². The first-order valence-corrected chi connectivity index (χ1v) is 10.0. The van der Waals surface area contributed by atoms with E-state index in [9.17, 15) is 4.39 Å². The fourth-order valence-electron chi connectivity index (χ4n) is 3.00. The fourth-order valence-corrected chi connectivity index (χ4v) is 3.23. The average molecular weight is 430 g/mol. The molecule has 0 saturated carbocycles. The normalized spacial score (nSPS) is 10.7. The third-order valence-electron chi connectivity index (χ3n) is 4.70. The van der Waals surface area contributed by atoms with Crippen LogP contribution in [0, 0.1) is 5.82 Å². The summed E-state index contributed by atoms with van der Waals surface area (Å²) in [5.41, 5.74) is 3.09. The zero-order valence-corrected chi connectivity index (χ0v) is 17.8. The Morgan fingerprint density at radius 3 is 2.30 bits per heavy atom. The number of methoxy groups -OCH3 is 2. The second kappa shape index (κ2) is 10.9. The van der Waals surface area contributed by atoms with Gasteiger partial charge in [0, 0.05) is 12.1 Å². The molecule has 0 fully saturated rings. The van der Waals surface area contributed by atoms with Gasteiger partial charge in [0.25, 0.3) is 0 Å². The Morgan fingerprint density at radius 2 is 1.60 bits per heavy atom. The summed E-state index contributed by atoms with van der Waals surface area (Å²) in [5.74, 6) is 1.86. The lowest BCUT2D eigenvalue weighted by atomic mass is 10.1. The van der Waals surface area contributed by atoms with Gasteiger partial charge < -0.3 is 19.5 Å². The minimum Gasteiger partial charge on any atom is -0.493 e. The molecule has 0 saturated heterocycles. The highest BCUT2D eigenvalue weighted by molar-refractivity contribution is 6.31. The molecule has 0 heterocycles. The summed E-state index contributed by atoms with van der Waals surface area (Å²) >= 11 is 6.03. The standard InChI is InChI=1S/C24H25ClFNO3/c1-28-23-10-5-17(13-24(23)29-2)11-12-27-15-18-3-8-21(9-4-18)30-16-19-6-7-20(26)14-22(19)25/h3-10,13-14,27H,11-12,15-16H2,1-2H3. The second-order valence-corrected chi connectivity index (χ2v) is 7.19. The highest BCUT2D eigenvalue weighted by Gasteiger charge is 2.05. The van der Waals surface area contributed by atoms with Crippen LogP contribution in [-0.2, 0) is 19.6 Å². The van der Waals surface area contributed by atoms with Crippen LogP contribution in [0.25, 0.3) is 0 Å². The molecule has 0 aliphatic heterocycles. The Bertz CT molecular complexity index is 963. The van der Waals surface area contributed by atoms with Crippen molar-refractivity contribution in [2.75, 3.05) is 20.8 Å². The van der Waals surface area contributed by atoms with Crippen LogP contribution < -0.4 is 19.5 Å². The molecule has 30 heavy (non-hydrogen) atoms. The van der Waals surface area contributed by atoms with Crippen LogP contribution in [0.3, 0.4) is 0 Å². The number of hydrogen-bond donors (Lipinski definition) is 1. The van der Waals surface area contributed by atoms with Gasteiger partial charge in [-0.1, -0.05) is 35.9 Å². The zero-order valence-electron chi connectivity index (χ0n) is 17.1. The maximum Gasteiger partial charge on any atom is 0.160 e. The summed E-state index contributed by atoms with van der Waals surface area (Å²) in [6, 6.07) is 18.1. The van der Waals surface area contributed by atoms with E-state index in [0.29, 0.717) is 11.6 Å². The number of halogens is 2. The molecule has 0 aliphatic rings. The first-order chi connectivity index (χ1) is 14.6. The van der Waals surface area contributed by atoms with Crippen LogP contribution in [0.1, 0.15) is 16.7 Å². The van der Waals surface area contributed by atoms with Crippen molar-refractivity contribution in [2.24, 2.45) is 0 Å². The first-order valence-electron chi connectivity index (χ1n) is 9.66. The smallest absolute Gasteiger partial charge is 0.160 e. The molecule has 4 nitrogen and oxygen atoms in total. The van der Waals surface area contributed by atoms with Gasteiger partial charge in [-0.25, -0.2) is 4.39 Å². The average Bonchev–Trinajstić information content (AvgIpc) is 2.76. The molecule has 0 aliphatic carbocycles. The predicted octanol–water partition coefficient (Wildman–Crippen LogP) is 5.41. The molecule has 0 spiro atoms. The lowest BCUT2D eigenvalue weighted by molar-refractivity contribution is 0.306.